The first-order chi connectivity index (χ1) is 12.2. The van der Waals surface area contributed by atoms with E-state index in [4.69, 9.17) is 4.52 Å². The summed E-state index contributed by atoms with van der Waals surface area (Å²) in [4.78, 5) is 17.9. The molecule has 4 rings (SSSR count). The van der Waals surface area contributed by atoms with Crippen LogP contribution in [0.3, 0.4) is 0 Å². The van der Waals surface area contributed by atoms with E-state index in [0.29, 0.717) is 24.6 Å². The van der Waals surface area contributed by atoms with Gasteiger partial charge in [-0.15, -0.1) is 21.5 Å². The quantitative estimate of drug-likeness (QED) is 0.547. The molecule has 0 radical (unpaired) electrons. The topological polar surface area (TPSA) is 111 Å². The molecule has 0 spiro atoms. The van der Waals surface area contributed by atoms with Crippen molar-refractivity contribution in [2.75, 3.05) is 0 Å². The van der Waals surface area contributed by atoms with Crippen LogP contribution in [0.4, 0.5) is 0 Å². The maximum absolute atomic E-state index is 12.0. The van der Waals surface area contributed by atoms with Crippen molar-refractivity contribution >= 4 is 33.5 Å². The molecule has 9 nitrogen and oxygen atoms in total. The molecule has 0 aliphatic carbocycles. The van der Waals surface area contributed by atoms with Crippen LogP contribution in [0.25, 0.3) is 15.7 Å². The summed E-state index contributed by atoms with van der Waals surface area (Å²) in [5.74, 6) is 1.55. The number of rotatable bonds is 6. The first-order valence-corrected chi connectivity index (χ1v) is 9.19. The number of thiophene rings is 1. The summed E-state index contributed by atoms with van der Waals surface area (Å²) < 4.78 is 6.83. The van der Waals surface area contributed by atoms with Crippen molar-refractivity contribution in [2.24, 2.45) is 0 Å². The summed E-state index contributed by atoms with van der Waals surface area (Å²) in [6, 6.07) is 3.84. The van der Waals surface area contributed by atoms with Crippen LogP contribution in [0, 0.1) is 6.92 Å². The van der Waals surface area contributed by atoms with E-state index in [-0.39, 0.29) is 12.5 Å². The molecule has 0 unspecified atom stereocenters. The number of carbonyl (C=O) groups is 1. The van der Waals surface area contributed by atoms with E-state index in [9.17, 15) is 4.79 Å². The molecule has 1 amide bonds. The third kappa shape index (κ3) is 3.42. The zero-order chi connectivity index (χ0) is 17.2. The molecule has 0 bridgehead atoms. The standard InChI is InChI=1S/C14H13N7O2S2/c1-8-17-18-14-21(8)19-12(25-14)5-4-10(22)15-7-11-16-13(20-23-11)9-3-2-6-24-9/h2-3,6H,4-5,7H2,1H3,(H,15,22). The van der Waals surface area contributed by atoms with E-state index in [2.05, 4.69) is 30.8 Å². The molecule has 0 aliphatic heterocycles. The molecule has 0 fully saturated rings. The molecule has 4 aromatic rings. The Hall–Kier alpha value is -2.66. The van der Waals surface area contributed by atoms with Gasteiger partial charge in [-0.05, 0) is 18.4 Å². The average molecular weight is 375 g/mol. The molecular formula is C14H13N7O2S2. The van der Waals surface area contributed by atoms with E-state index >= 15 is 0 Å². The van der Waals surface area contributed by atoms with Gasteiger partial charge in [0.2, 0.25) is 22.6 Å². The summed E-state index contributed by atoms with van der Waals surface area (Å²) in [6.07, 6.45) is 0.874. The van der Waals surface area contributed by atoms with Gasteiger partial charge in [-0.1, -0.05) is 22.6 Å². The van der Waals surface area contributed by atoms with Gasteiger partial charge in [0.25, 0.3) is 0 Å². The van der Waals surface area contributed by atoms with Crippen LogP contribution in [-0.4, -0.2) is 35.9 Å². The van der Waals surface area contributed by atoms with Gasteiger partial charge in [0.05, 0.1) is 11.4 Å². The lowest BCUT2D eigenvalue weighted by Gasteiger charge is -2.00. The maximum atomic E-state index is 12.0. The summed E-state index contributed by atoms with van der Waals surface area (Å²) in [5, 5.41) is 21.8. The van der Waals surface area contributed by atoms with Crippen LogP contribution < -0.4 is 5.32 Å². The largest absolute Gasteiger partial charge is 0.347 e. The summed E-state index contributed by atoms with van der Waals surface area (Å²) in [6.45, 7) is 2.05. The number of amides is 1. The van der Waals surface area contributed by atoms with Gasteiger partial charge in [-0.2, -0.15) is 14.6 Å². The first kappa shape index (κ1) is 15.8. The van der Waals surface area contributed by atoms with E-state index in [0.717, 1.165) is 20.7 Å². The number of aryl methyl sites for hydroxylation is 2. The fourth-order valence-electron chi connectivity index (χ4n) is 2.17. The van der Waals surface area contributed by atoms with E-state index < -0.39 is 0 Å². The van der Waals surface area contributed by atoms with Crippen LogP contribution in [0.15, 0.2) is 22.0 Å². The minimum atomic E-state index is -0.0986. The summed E-state index contributed by atoms with van der Waals surface area (Å²) in [5.41, 5.74) is 0. The number of aromatic nitrogens is 6. The summed E-state index contributed by atoms with van der Waals surface area (Å²) in [7, 11) is 0. The Bertz CT molecular complexity index is 1000. The Morgan fingerprint density at radius 3 is 3.12 bits per heavy atom. The van der Waals surface area contributed by atoms with Gasteiger partial charge < -0.3 is 9.84 Å². The number of carbonyl (C=O) groups excluding carboxylic acids is 1. The predicted molar refractivity (Wildman–Crippen MR) is 91.2 cm³/mol. The lowest BCUT2D eigenvalue weighted by molar-refractivity contribution is -0.121. The van der Waals surface area contributed by atoms with Crippen molar-refractivity contribution in [3.8, 4) is 10.7 Å². The third-order valence-electron chi connectivity index (χ3n) is 3.40. The average Bonchev–Trinajstić information content (AvgIpc) is 3.37. The second-order valence-electron chi connectivity index (χ2n) is 5.20. The molecule has 0 aliphatic rings. The Labute approximate surface area is 149 Å². The normalized spacial score (nSPS) is 11.2. The highest BCUT2D eigenvalue weighted by Crippen LogP contribution is 2.21. The van der Waals surface area contributed by atoms with Gasteiger partial charge in [0.15, 0.2) is 5.82 Å². The number of hydrogen-bond donors (Lipinski definition) is 1. The van der Waals surface area contributed by atoms with Gasteiger partial charge in [0, 0.05) is 12.8 Å². The highest BCUT2D eigenvalue weighted by Gasteiger charge is 2.12. The van der Waals surface area contributed by atoms with Crippen LogP contribution in [-0.2, 0) is 17.8 Å². The van der Waals surface area contributed by atoms with Gasteiger partial charge >= 0.3 is 0 Å². The Kier molecular flexibility index (Phi) is 4.24. The predicted octanol–water partition coefficient (Wildman–Crippen LogP) is 1.85. The highest BCUT2D eigenvalue weighted by atomic mass is 32.1. The SMILES string of the molecule is Cc1nnc2sc(CCC(=O)NCc3nc(-c4cccs4)no3)nn12. The number of fused-ring (bicyclic) bond motifs is 1. The van der Waals surface area contributed by atoms with Gasteiger partial charge in [0.1, 0.15) is 5.01 Å². The van der Waals surface area contributed by atoms with E-state index in [1.807, 2.05) is 24.4 Å². The monoisotopic (exact) mass is 375 g/mol. The van der Waals surface area contributed by atoms with Crippen molar-refractivity contribution in [3.05, 3.63) is 34.2 Å². The zero-order valence-electron chi connectivity index (χ0n) is 13.2. The zero-order valence-corrected chi connectivity index (χ0v) is 14.8. The molecule has 128 valence electrons. The molecule has 0 atom stereocenters. The molecule has 1 N–H and O–H groups in total. The van der Waals surface area contributed by atoms with Crippen molar-refractivity contribution in [1.29, 1.82) is 0 Å². The van der Waals surface area contributed by atoms with E-state index in [1.54, 1.807) is 4.52 Å². The van der Waals surface area contributed by atoms with Crippen molar-refractivity contribution in [3.63, 3.8) is 0 Å². The third-order valence-corrected chi connectivity index (χ3v) is 5.23. The van der Waals surface area contributed by atoms with Crippen LogP contribution >= 0.6 is 22.7 Å². The molecule has 11 heteroatoms. The number of nitrogens with one attached hydrogen (secondary N) is 1. The van der Waals surface area contributed by atoms with Crippen LogP contribution in [0.5, 0.6) is 0 Å². The van der Waals surface area contributed by atoms with Crippen molar-refractivity contribution in [1.82, 2.24) is 35.3 Å². The molecule has 4 aromatic heterocycles. The minimum Gasteiger partial charge on any atom is -0.347 e. The van der Waals surface area contributed by atoms with Crippen LogP contribution in [0.1, 0.15) is 23.1 Å². The Balaban J connectivity index is 1.29. The molecular weight excluding hydrogens is 362 g/mol. The Morgan fingerprint density at radius 1 is 1.40 bits per heavy atom. The van der Waals surface area contributed by atoms with E-state index in [1.165, 1.54) is 22.7 Å². The second kappa shape index (κ2) is 6.69. The smallest absolute Gasteiger partial charge is 0.246 e. The molecule has 0 aromatic carbocycles. The van der Waals surface area contributed by atoms with Gasteiger partial charge in [-0.25, -0.2) is 0 Å². The molecule has 0 saturated carbocycles. The second-order valence-corrected chi connectivity index (χ2v) is 7.19. The molecule has 25 heavy (non-hydrogen) atoms. The Morgan fingerprint density at radius 2 is 2.32 bits per heavy atom. The summed E-state index contributed by atoms with van der Waals surface area (Å²) >= 11 is 2.97. The number of nitrogens with zero attached hydrogens (tertiary/aromatic N) is 6. The van der Waals surface area contributed by atoms with Crippen molar-refractivity contribution in [2.45, 2.75) is 26.3 Å². The lowest BCUT2D eigenvalue weighted by Crippen LogP contribution is -2.23. The van der Waals surface area contributed by atoms with Gasteiger partial charge in [-0.3, -0.25) is 4.79 Å². The first-order valence-electron chi connectivity index (χ1n) is 7.50. The van der Waals surface area contributed by atoms with Crippen LogP contribution in [0.2, 0.25) is 0 Å². The maximum Gasteiger partial charge on any atom is 0.246 e. The fraction of sp³-hybridized carbons (Fsp3) is 0.286. The number of hydrogen-bond acceptors (Lipinski definition) is 9. The molecule has 4 heterocycles. The molecule has 0 saturated heterocycles. The fourth-order valence-corrected chi connectivity index (χ4v) is 3.70. The minimum absolute atomic E-state index is 0.0986. The lowest BCUT2D eigenvalue weighted by atomic mass is 10.3. The highest BCUT2D eigenvalue weighted by molar-refractivity contribution is 7.16. The van der Waals surface area contributed by atoms with Crippen molar-refractivity contribution < 1.29 is 9.32 Å².